The summed E-state index contributed by atoms with van der Waals surface area (Å²) >= 11 is 0. The van der Waals surface area contributed by atoms with Gasteiger partial charge in [-0.15, -0.1) is 0 Å². The van der Waals surface area contributed by atoms with Gasteiger partial charge in [-0.2, -0.15) is 0 Å². The minimum atomic E-state index is -0.385. The van der Waals surface area contributed by atoms with E-state index in [1.54, 1.807) is 36.4 Å². The van der Waals surface area contributed by atoms with E-state index in [0.29, 0.717) is 16.5 Å². The van der Waals surface area contributed by atoms with Crippen LogP contribution in [0.5, 0.6) is 0 Å². The van der Waals surface area contributed by atoms with Crippen LogP contribution >= 0.6 is 0 Å². The van der Waals surface area contributed by atoms with Gasteiger partial charge in [0.15, 0.2) is 5.76 Å². The van der Waals surface area contributed by atoms with Gasteiger partial charge in [0.1, 0.15) is 0 Å². The molecule has 2 heterocycles. The van der Waals surface area contributed by atoms with Crippen molar-refractivity contribution in [1.82, 2.24) is 10.2 Å². The number of nitrogens with zero attached hydrogens (tertiary/aromatic N) is 1. The number of benzene rings is 2. The summed E-state index contributed by atoms with van der Waals surface area (Å²) in [6.07, 6.45) is 1.41. The lowest BCUT2D eigenvalue weighted by Gasteiger charge is -2.27. The van der Waals surface area contributed by atoms with Crippen LogP contribution in [0.15, 0.2) is 59.2 Å². The fourth-order valence-electron chi connectivity index (χ4n) is 3.06. The monoisotopic (exact) mass is 334 g/mol. The van der Waals surface area contributed by atoms with E-state index in [-0.39, 0.29) is 36.6 Å². The minimum absolute atomic E-state index is 0.0921. The molecule has 1 aliphatic heterocycles. The summed E-state index contributed by atoms with van der Waals surface area (Å²) in [5, 5.41) is 4.20. The first-order chi connectivity index (χ1) is 12.2. The highest BCUT2D eigenvalue weighted by Crippen LogP contribution is 2.29. The fraction of sp³-hybridized carbons (Fsp3) is 0.105. The molecule has 124 valence electrons. The topological polar surface area (TPSA) is 79.6 Å². The van der Waals surface area contributed by atoms with Crippen LogP contribution in [0.4, 0.5) is 0 Å². The number of furan rings is 1. The van der Waals surface area contributed by atoms with Crippen LogP contribution in [0.1, 0.15) is 31.3 Å². The van der Waals surface area contributed by atoms with Gasteiger partial charge in [-0.25, -0.2) is 0 Å². The van der Waals surface area contributed by atoms with Gasteiger partial charge in [0.2, 0.25) is 0 Å². The second-order valence-electron chi connectivity index (χ2n) is 5.70. The molecule has 6 nitrogen and oxygen atoms in total. The lowest BCUT2D eigenvalue weighted by Crippen LogP contribution is -2.44. The molecule has 3 amide bonds. The molecule has 0 radical (unpaired) electrons. The number of rotatable bonds is 4. The van der Waals surface area contributed by atoms with E-state index in [1.165, 1.54) is 11.2 Å². The third-order valence-corrected chi connectivity index (χ3v) is 4.22. The van der Waals surface area contributed by atoms with E-state index in [9.17, 15) is 14.4 Å². The van der Waals surface area contributed by atoms with Crippen molar-refractivity contribution in [3.63, 3.8) is 0 Å². The Bertz CT molecular complexity index is 941. The summed E-state index contributed by atoms with van der Waals surface area (Å²) < 4.78 is 5.01. The van der Waals surface area contributed by atoms with Crippen molar-refractivity contribution >= 4 is 28.5 Å². The number of amides is 3. The maximum Gasteiger partial charge on any atom is 0.287 e. The molecule has 0 fully saturated rings. The van der Waals surface area contributed by atoms with Crippen LogP contribution in [0.25, 0.3) is 10.8 Å². The van der Waals surface area contributed by atoms with Crippen LogP contribution in [0.2, 0.25) is 0 Å². The number of hydrogen-bond acceptors (Lipinski definition) is 4. The summed E-state index contributed by atoms with van der Waals surface area (Å²) in [4.78, 5) is 38.4. The molecule has 0 bridgehead atoms. The Hall–Kier alpha value is -3.41. The molecule has 2 aromatic carbocycles. The Kier molecular flexibility index (Phi) is 3.57. The SMILES string of the molecule is O=C(NCCN1C(=O)c2cccc3cccc(c23)C1=O)c1ccco1. The summed E-state index contributed by atoms with van der Waals surface area (Å²) in [7, 11) is 0. The zero-order valence-electron chi connectivity index (χ0n) is 13.2. The van der Waals surface area contributed by atoms with Crippen LogP contribution in [-0.2, 0) is 0 Å². The standard InChI is InChI=1S/C19H14N2O4/c22-17(15-8-3-11-25-15)20-9-10-21-18(23)13-6-1-4-12-5-2-7-14(16(12)13)19(21)24/h1-8,11H,9-10H2,(H,20,22). The van der Waals surface area contributed by atoms with Crippen molar-refractivity contribution in [3.8, 4) is 0 Å². The first-order valence-corrected chi connectivity index (χ1v) is 7.86. The van der Waals surface area contributed by atoms with E-state index in [2.05, 4.69) is 5.32 Å². The second kappa shape index (κ2) is 5.90. The molecule has 3 aromatic rings. The molecule has 1 N–H and O–H groups in total. The molecule has 1 aromatic heterocycles. The highest BCUT2D eigenvalue weighted by atomic mass is 16.3. The molecule has 25 heavy (non-hydrogen) atoms. The van der Waals surface area contributed by atoms with Gasteiger partial charge >= 0.3 is 0 Å². The van der Waals surface area contributed by atoms with Gasteiger partial charge in [0.25, 0.3) is 17.7 Å². The van der Waals surface area contributed by atoms with Crippen LogP contribution in [-0.4, -0.2) is 35.7 Å². The van der Waals surface area contributed by atoms with E-state index >= 15 is 0 Å². The minimum Gasteiger partial charge on any atom is -0.459 e. The number of nitrogens with one attached hydrogen (secondary N) is 1. The highest BCUT2D eigenvalue weighted by molar-refractivity contribution is 6.25. The molecule has 0 saturated heterocycles. The Labute approximate surface area is 143 Å². The van der Waals surface area contributed by atoms with Crippen molar-refractivity contribution < 1.29 is 18.8 Å². The van der Waals surface area contributed by atoms with Crippen molar-refractivity contribution in [3.05, 3.63) is 71.7 Å². The molecule has 0 saturated carbocycles. The van der Waals surface area contributed by atoms with Crippen molar-refractivity contribution in [2.75, 3.05) is 13.1 Å². The quantitative estimate of drug-likeness (QED) is 0.743. The highest BCUT2D eigenvalue weighted by Gasteiger charge is 2.32. The average Bonchev–Trinajstić information content (AvgIpc) is 3.17. The van der Waals surface area contributed by atoms with Crippen molar-refractivity contribution in [1.29, 1.82) is 0 Å². The van der Waals surface area contributed by atoms with Gasteiger partial charge in [-0.1, -0.05) is 24.3 Å². The van der Waals surface area contributed by atoms with Crippen LogP contribution in [0, 0.1) is 0 Å². The first kappa shape index (κ1) is 15.1. The third kappa shape index (κ3) is 2.48. The van der Waals surface area contributed by atoms with Crippen molar-refractivity contribution in [2.45, 2.75) is 0 Å². The third-order valence-electron chi connectivity index (χ3n) is 4.22. The summed E-state index contributed by atoms with van der Waals surface area (Å²) in [5.41, 5.74) is 1.01. The van der Waals surface area contributed by atoms with E-state index in [1.807, 2.05) is 12.1 Å². The maximum absolute atomic E-state index is 12.7. The zero-order chi connectivity index (χ0) is 17.4. The molecular weight excluding hydrogens is 320 g/mol. The van der Waals surface area contributed by atoms with Gasteiger partial charge in [0.05, 0.1) is 6.26 Å². The largest absolute Gasteiger partial charge is 0.459 e. The van der Waals surface area contributed by atoms with E-state index in [4.69, 9.17) is 4.42 Å². The Balaban J connectivity index is 1.55. The van der Waals surface area contributed by atoms with Crippen LogP contribution < -0.4 is 5.32 Å². The van der Waals surface area contributed by atoms with Gasteiger partial charge in [0, 0.05) is 29.6 Å². The van der Waals surface area contributed by atoms with Gasteiger partial charge in [-0.3, -0.25) is 19.3 Å². The molecule has 0 unspecified atom stereocenters. The van der Waals surface area contributed by atoms with Gasteiger partial charge in [-0.05, 0) is 29.7 Å². The normalized spacial score (nSPS) is 13.4. The fourth-order valence-corrected chi connectivity index (χ4v) is 3.06. The summed E-state index contributed by atoms with van der Waals surface area (Å²) in [6.45, 7) is 0.240. The Morgan fingerprint density at radius 3 is 2.24 bits per heavy atom. The predicted octanol–water partition coefficient (Wildman–Crippen LogP) is 2.46. The number of carbonyl (C=O) groups is 3. The molecular formula is C19H14N2O4. The van der Waals surface area contributed by atoms with Crippen molar-refractivity contribution in [2.24, 2.45) is 0 Å². The first-order valence-electron chi connectivity index (χ1n) is 7.86. The number of carbonyl (C=O) groups excluding carboxylic acids is 3. The number of imide groups is 1. The smallest absolute Gasteiger partial charge is 0.287 e. The number of hydrogen-bond donors (Lipinski definition) is 1. The molecule has 0 aliphatic carbocycles. The summed E-state index contributed by atoms with van der Waals surface area (Å²) in [6, 6.07) is 13.9. The maximum atomic E-state index is 12.7. The lowest BCUT2D eigenvalue weighted by molar-refractivity contribution is 0.0606. The molecule has 0 atom stereocenters. The molecule has 6 heteroatoms. The predicted molar refractivity (Wildman–Crippen MR) is 90.4 cm³/mol. The average molecular weight is 334 g/mol. The van der Waals surface area contributed by atoms with E-state index in [0.717, 1.165) is 5.39 Å². The Morgan fingerprint density at radius 1 is 0.960 bits per heavy atom. The zero-order valence-corrected chi connectivity index (χ0v) is 13.2. The lowest BCUT2D eigenvalue weighted by atomic mass is 9.94. The van der Waals surface area contributed by atoms with E-state index < -0.39 is 0 Å². The van der Waals surface area contributed by atoms with Crippen LogP contribution in [0.3, 0.4) is 0 Å². The van der Waals surface area contributed by atoms with Gasteiger partial charge < -0.3 is 9.73 Å². The molecule has 4 rings (SSSR count). The molecule has 0 spiro atoms. The second-order valence-corrected chi connectivity index (χ2v) is 5.70. The summed E-state index contributed by atoms with van der Waals surface area (Å²) in [5.74, 6) is -0.890. The Morgan fingerprint density at radius 2 is 1.64 bits per heavy atom. The molecule has 1 aliphatic rings.